The van der Waals surface area contributed by atoms with Crippen LogP contribution in [0.2, 0.25) is 0 Å². The van der Waals surface area contributed by atoms with Gasteiger partial charge in [0.25, 0.3) is 0 Å². The van der Waals surface area contributed by atoms with Crippen LogP contribution in [0.4, 0.5) is 8.78 Å². The van der Waals surface area contributed by atoms with Crippen molar-refractivity contribution in [3.63, 3.8) is 0 Å². The summed E-state index contributed by atoms with van der Waals surface area (Å²) in [6.45, 7) is 2.59. The molecular formula is C16H19F2N3. The van der Waals surface area contributed by atoms with Crippen LogP contribution >= 0.6 is 0 Å². The van der Waals surface area contributed by atoms with Gasteiger partial charge in [-0.1, -0.05) is 0 Å². The number of hydrogen-bond acceptors (Lipinski definition) is 2. The summed E-state index contributed by atoms with van der Waals surface area (Å²) in [6.07, 6.45) is 3.94. The van der Waals surface area contributed by atoms with E-state index >= 15 is 0 Å². The van der Waals surface area contributed by atoms with Gasteiger partial charge in [0, 0.05) is 11.8 Å². The molecule has 3 rings (SSSR count). The third-order valence-corrected chi connectivity index (χ3v) is 4.23. The Morgan fingerprint density at radius 2 is 2.19 bits per heavy atom. The predicted octanol–water partition coefficient (Wildman–Crippen LogP) is 3.23. The van der Waals surface area contributed by atoms with Crippen LogP contribution in [0.5, 0.6) is 0 Å². The van der Waals surface area contributed by atoms with Gasteiger partial charge in [0.1, 0.15) is 11.5 Å². The molecule has 112 valence electrons. The topological polar surface area (TPSA) is 43.8 Å². The van der Waals surface area contributed by atoms with Gasteiger partial charge in [0.2, 0.25) is 0 Å². The summed E-state index contributed by atoms with van der Waals surface area (Å²) < 4.78 is 28.8. The molecule has 1 aromatic heterocycles. The lowest BCUT2D eigenvalue weighted by Crippen LogP contribution is -2.15. The lowest BCUT2D eigenvalue weighted by atomic mass is 9.83. The van der Waals surface area contributed by atoms with Gasteiger partial charge in [0.15, 0.2) is 5.82 Å². The zero-order valence-electron chi connectivity index (χ0n) is 12.1. The summed E-state index contributed by atoms with van der Waals surface area (Å²) in [5.74, 6) is -0.757. The molecule has 0 radical (unpaired) electrons. The van der Waals surface area contributed by atoms with E-state index in [0.29, 0.717) is 18.2 Å². The molecular weight excluding hydrogens is 272 g/mol. The van der Waals surface area contributed by atoms with Crippen molar-refractivity contribution in [2.24, 2.45) is 5.73 Å². The smallest absolute Gasteiger partial charge is 0.151 e. The van der Waals surface area contributed by atoms with Crippen LogP contribution in [0.3, 0.4) is 0 Å². The Kier molecular flexibility index (Phi) is 3.76. The van der Waals surface area contributed by atoms with Crippen molar-refractivity contribution in [1.82, 2.24) is 9.78 Å². The maximum Gasteiger partial charge on any atom is 0.151 e. The number of hydrogen-bond donors (Lipinski definition) is 1. The van der Waals surface area contributed by atoms with Gasteiger partial charge in [-0.2, -0.15) is 5.10 Å². The van der Waals surface area contributed by atoms with Gasteiger partial charge in [-0.05, 0) is 62.8 Å². The lowest BCUT2D eigenvalue weighted by Gasteiger charge is -2.23. The Labute approximate surface area is 122 Å². The first-order valence-electron chi connectivity index (χ1n) is 7.35. The van der Waals surface area contributed by atoms with E-state index in [1.54, 1.807) is 4.68 Å². The maximum atomic E-state index is 14.0. The molecule has 1 heterocycles. The van der Waals surface area contributed by atoms with Crippen LogP contribution < -0.4 is 5.73 Å². The second kappa shape index (κ2) is 5.56. The van der Waals surface area contributed by atoms with Crippen molar-refractivity contribution in [3.05, 3.63) is 46.8 Å². The van der Waals surface area contributed by atoms with E-state index in [1.165, 1.54) is 17.7 Å². The van der Waals surface area contributed by atoms with Crippen molar-refractivity contribution in [2.45, 2.75) is 38.5 Å². The Morgan fingerprint density at radius 1 is 1.38 bits per heavy atom. The van der Waals surface area contributed by atoms with Crippen LogP contribution in [0, 0.1) is 18.6 Å². The first-order chi connectivity index (χ1) is 10.1. The quantitative estimate of drug-likeness (QED) is 0.943. The highest BCUT2D eigenvalue weighted by Crippen LogP contribution is 2.37. The van der Waals surface area contributed by atoms with Crippen molar-refractivity contribution in [2.75, 3.05) is 6.54 Å². The fourth-order valence-electron chi connectivity index (χ4n) is 3.36. The standard InChI is InChI=1S/C16H19F2N3/c1-10-16-11(7-8-19)3-2-4-15(16)21(20-10)14-6-5-12(17)9-13(14)18/h5-6,9,11H,2-4,7-8,19H2,1H3. The molecule has 1 aromatic carbocycles. The van der Waals surface area contributed by atoms with Crippen LogP contribution in [-0.4, -0.2) is 16.3 Å². The van der Waals surface area contributed by atoms with Crippen LogP contribution in [-0.2, 0) is 6.42 Å². The average molecular weight is 291 g/mol. The molecule has 0 fully saturated rings. The summed E-state index contributed by atoms with van der Waals surface area (Å²) in [5, 5.41) is 4.50. The van der Waals surface area contributed by atoms with Gasteiger partial charge >= 0.3 is 0 Å². The highest BCUT2D eigenvalue weighted by molar-refractivity contribution is 5.41. The molecule has 0 aliphatic heterocycles. The summed E-state index contributed by atoms with van der Waals surface area (Å²) in [4.78, 5) is 0. The predicted molar refractivity (Wildman–Crippen MR) is 77.6 cm³/mol. The molecule has 21 heavy (non-hydrogen) atoms. The molecule has 2 aromatic rings. The number of nitrogens with zero attached hydrogens (tertiary/aromatic N) is 2. The highest BCUT2D eigenvalue weighted by Gasteiger charge is 2.27. The van der Waals surface area contributed by atoms with E-state index < -0.39 is 11.6 Å². The fraction of sp³-hybridized carbons (Fsp3) is 0.438. The van der Waals surface area contributed by atoms with E-state index in [-0.39, 0.29) is 0 Å². The number of benzene rings is 1. The molecule has 0 spiro atoms. The van der Waals surface area contributed by atoms with Crippen molar-refractivity contribution >= 4 is 0 Å². The minimum absolute atomic E-state index is 0.314. The van der Waals surface area contributed by atoms with E-state index in [1.807, 2.05) is 6.92 Å². The Hall–Kier alpha value is -1.75. The molecule has 0 saturated heterocycles. The average Bonchev–Trinajstić information content (AvgIpc) is 2.78. The SMILES string of the molecule is Cc1nn(-c2ccc(F)cc2F)c2c1C(CCN)CCC2. The number of halogens is 2. The Morgan fingerprint density at radius 3 is 2.90 bits per heavy atom. The van der Waals surface area contributed by atoms with Crippen molar-refractivity contribution in [1.29, 1.82) is 0 Å². The van der Waals surface area contributed by atoms with E-state index in [9.17, 15) is 8.78 Å². The molecule has 1 aliphatic rings. The highest BCUT2D eigenvalue weighted by atomic mass is 19.1. The Bertz CT molecular complexity index is 664. The van der Waals surface area contributed by atoms with Crippen molar-refractivity contribution < 1.29 is 8.78 Å². The van der Waals surface area contributed by atoms with E-state index in [4.69, 9.17) is 5.73 Å². The summed E-state index contributed by atoms with van der Waals surface area (Å²) in [5.41, 5.74) is 9.18. The van der Waals surface area contributed by atoms with Gasteiger partial charge in [-0.15, -0.1) is 0 Å². The first kappa shape index (κ1) is 14.2. The monoisotopic (exact) mass is 291 g/mol. The second-order valence-electron chi connectivity index (χ2n) is 5.62. The number of aryl methyl sites for hydroxylation is 1. The summed E-state index contributed by atoms with van der Waals surface area (Å²) >= 11 is 0. The van der Waals surface area contributed by atoms with Crippen LogP contribution in [0.25, 0.3) is 5.69 Å². The maximum absolute atomic E-state index is 14.0. The van der Waals surface area contributed by atoms with Gasteiger partial charge < -0.3 is 5.73 Å². The number of fused-ring (bicyclic) bond motifs is 1. The molecule has 1 atom stereocenters. The molecule has 0 amide bonds. The molecule has 3 nitrogen and oxygen atoms in total. The van der Waals surface area contributed by atoms with Gasteiger partial charge in [-0.25, -0.2) is 13.5 Å². The zero-order valence-corrected chi connectivity index (χ0v) is 12.1. The minimum Gasteiger partial charge on any atom is -0.330 e. The van der Waals surface area contributed by atoms with E-state index in [2.05, 4.69) is 5.10 Å². The molecule has 0 saturated carbocycles. The number of nitrogens with two attached hydrogens (primary N) is 1. The van der Waals surface area contributed by atoms with Gasteiger partial charge in [0.05, 0.1) is 5.69 Å². The zero-order chi connectivity index (χ0) is 15.0. The molecule has 1 aliphatic carbocycles. The second-order valence-corrected chi connectivity index (χ2v) is 5.62. The van der Waals surface area contributed by atoms with Crippen molar-refractivity contribution in [3.8, 4) is 5.69 Å². The number of aromatic nitrogens is 2. The van der Waals surface area contributed by atoms with Gasteiger partial charge in [-0.3, -0.25) is 0 Å². The normalized spacial score (nSPS) is 17.8. The third kappa shape index (κ3) is 2.46. The largest absolute Gasteiger partial charge is 0.330 e. The molecule has 0 bridgehead atoms. The number of rotatable bonds is 3. The van der Waals surface area contributed by atoms with Crippen LogP contribution in [0.15, 0.2) is 18.2 Å². The third-order valence-electron chi connectivity index (χ3n) is 4.23. The minimum atomic E-state index is -0.582. The molecule has 1 unspecified atom stereocenters. The molecule has 2 N–H and O–H groups in total. The lowest BCUT2D eigenvalue weighted by molar-refractivity contribution is 0.513. The van der Waals surface area contributed by atoms with Crippen LogP contribution in [0.1, 0.15) is 42.1 Å². The van der Waals surface area contributed by atoms with E-state index in [0.717, 1.165) is 43.1 Å². The first-order valence-corrected chi connectivity index (χ1v) is 7.35. The molecule has 5 heteroatoms. The summed E-state index contributed by atoms with van der Waals surface area (Å²) in [7, 11) is 0. The fourth-order valence-corrected chi connectivity index (χ4v) is 3.36. The Balaban J connectivity index is 2.11. The summed E-state index contributed by atoms with van der Waals surface area (Å²) in [6, 6.07) is 3.62.